The van der Waals surface area contributed by atoms with Crippen molar-refractivity contribution in [3.8, 4) is 22.3 Å². The first-order chi connectivity index (χ1) is 24.3. The maximum Gasteiger partial charge on any atom is 0.0497 e. The molecule has 1 aliphatic rings. The summed E-state index contributed by atoms with van der Waals surface area (Å²) in [5.41, 5.74) is 14.6. The summed E-state index contributed by atoms with van der Waals surface area (Å²) in [7, 11) is 0. The van der Waals surface area contributed by atoms with Crippen molar-refractivity contribution in [3.63, 3.8) is 0 Å². The van der Waals surface area contributed by atoms with Crippen LogP contribution in [0, 0.1) is 0 Å². The minimum atomic E-state index is 0.905. The second-order valence-corrected chi connectivity index (χ2v) is 12.6. The number of anilines is 6. The van der Waals surface area contributed by atoms with Gasteiger partial charge in [0.25, 0.3) is 0 Å². The van der Waals surface area contributed by atoms with E-state index in [4.69, 9.17) is 0 Å². The van der Waals surface area contributed by atoms with Gasteiger partial charge in [-0.2, -0.15) is 0 Å². The van der Waals surface area contributed by atoms with Gasteiger partial charge in [0.1, 0.15) is 0 Å². The molecule has 8 aromatic rings. The molecule has 1 aliphatic heterocycles. The van der Waals surface area contributed by atoms with E-state index in [1.165, 1.54) is 61.2 Å². The molecular weight excluding hydrogens is 593 g/mol. The van der Waals surface area contributed by atoms with Gasteiger partial charge < -0.3 is 9.80 Å². The Balaban J connectivity index is 1.06. The summed E-state index contributed by atoms with van der Waals surface area (Å²) in [6, 6.07) is 70.1. The van der Waals surface area contributed by atoms with Crippen LogP contribution in [0.3, 0.4) is 0 Å². The summed E-state index contributed by atoms with van der Waals surface area (Å²) in [5, 5.41) is 2.50. The maximum absolute atomic E-state index is 2.42. The normalized spacial score (nSPS) is 12.0. The molecule has 232 valence electrons. The van der Waals surface area contributed by atoms with Gasteiger partial charge in [-0.05, 0) is 111 Å². The smallest absolute Gasteiger partial charge is 0.0497 e. The fourth-order valence-corrected chi connectivity index (χ4v) is 7.19. The van der Waals surface area contributed by atoms with Crippen molar-refractivity contribution in [3.05, 3.63) is 205 Å². The Morgan fingerprint density at radius 2 is 0.878 bits per heavy atom. The maximum atomic E-state index is 2.42. The molecule has 0 spiro atoms. The first-order valence-electron chi connectivity index (χ1n) is 16.9. The third-order valence-electron chi connectivity index (χ3n) is 9.63. The van der Waals surface area contributed by atoms with E-state index in [9.17, 15) is 0 Å². The zero-order valence-corrected chi connectivity index (χ0v) is 27.1. The molecule has 8 aromatic carbocycles. The molecule has 0 unspecified atom stereocenters. The van der Waals surface area contributed by atoms with Crippen LogP contribution in [0.5, 0.6) is 0 Å². The minimum absolute atomic E-state index is 0.905. The van der Waals surface area contributed by atoms with Crippen molar-refractivity contribution in [1.82, 2.24) is 0 Å². The number of para-hydroxylation sites is 2. The van der Waals surface area contributed by atoms with Crippen LogP contribution in [0.15, 0.2) is 194 Å². The van der Waals surface area contributed by atoms with Gasteiger partial charge in [0.05, 0.1) is 0 Å². The number of fused-ring (bicyclic) bond motifs is 3. The number of rotatable bonds is 6. The zero-order valence-electron chi connectivity index (χ0n) is 27.1. The van der Waals surface area contributed by atoms with Crippen LogP contribution < -0.4 is 9.80 Å². The quantitative estimate of drug-likeness (QED) is 0.181. The molecule has 0 radical (unpaired) electrons. The highest BCUT2D eigenvalue weighted by Crippen LogP contribution is 2.45. The zero-order chi connectivity index (χ0) is 32.6. The minimum Gasteiger partial charge on any atom is -0.311 e. The van der Waals surface area contributed by atoms with Crippen molar-refractivity contribution >= 4 is 44.9 Å². The second-order valence-electron chi connectivity index (χ2n) is 12.6. The van der Waals surface area contributed by atoms with Gasteiger partial charge >= 0.3 is 0 Å². The van der Waals surface area contributed by atoms with Gasteiger partial charge in [-0.25, -0.2) is 0 Å². The van der Waals surface area contributed by atoms with E-state index in [0.29, 0.717) is 0 Å². The van der Waals surface area contributed by atoms with Crippen molar-refractivity contribution in [2.75, 3.05) is 9.80 Å². The van der Waals surface area contributed by atoms with Crippen molar-refractivity contribution in [2.24, 2.45) is 0 Å². The third kappa shape index (κ3) is 5.44. The molecule has 2 nitrogen and oxygen atoms in total. The highest BCUT2D eigenvalue weighted by molar-refractivity contribution is 5.92. The molecule has 2 heteroatoms. The Morgan fingerprint density at radius 1 is 0.347 bits per heavy atom. The number of nitrogens with zero attached hydrogens (tertiary/aromatic N) is 2. The topological polar surface area (TPSA) is 6.48 Å². The largest absolute Gasteiger partial charge is 0.311 e. The summed E-state index contributed by atoms with van der Waals surface area (Å²) >= 11 is 0. The monoisotopic (exact) mass is 626 g/mol. The van der Waals surface area contributed by atoms with Gasteiger partial charge in [0.15, 0.2) is 0 Å². The summed E-state index contributed by atoms with van der Waals surface area (Å²) in [6.07, 6.45) is 0.905. The lowest BCUT2D eigenvalue weighted by Gasteiger charge is -2.34. The molecule has 1 heterocycles. The first-order valence-corrected chi connectivity index (χ1v) is 16.9. The van der Waals surface area contributed by atoms with E-state index in [2.05, 4.69) is 204 Å². The molecule has 0 aromatic heterocycles. The Morgan fingerprint density at radius 3 is 1.61 bits per heavy atom. The molecule has 0 aliphatic carbocycles. The number of hydrogen-bond acceptors (Lipinski definition) is 2. The number of benzene rings is 8. The van der Waals surface area contributed by atoms with Crippen LogP contribution in [-0.4, -0.2) is 0 Å². The van der Waals surface area contributed by atoms with Crippen molar-refractivity contribution in [1.29, 1.82) is 0 Å². The van der Waals surface area contributed by atoms with E-state index in [1.807, 2.05) is 0 Å². The SMILES string of the molecule is c1ccc(-c2ccc(N(c3ccccc3)c3ccc(-c4ccc5c(c4)Cc4ccccc4N5c4ccc5ccccc5c4)cc3)cc2)cc1. The van der Waals surface area contributed by atoms with Crippen LogP contribution in [0.25, 0.3) is 33.0 Å². The Hall–Kier alpha value is -6.38. The second kappa shape index (κ2) is 12.3. The Labute approximate surface area is 287 Å². The molecule has 9 rings (SSSR count). The van der Waals surface area contributed by atoms with Crippen molar-refractivity contribution in [2.45, 2.75) is 6.42 Å². The molecule has 0 atom stereocenters. The standard InChI is InChI=1S/C47H34N2/c1-3-11-34(12-4-1)36-19-25-43(26-20-36)48(42-16-5-2-6-17-42)44-27-21-37(22-28-44)39-24-30-47-41(31-39)32-40-15-9-10-18-46(40)49(47)45-29-23-35-13-7-8-14-38(35)33-45/h1-31,33H,32H2. The van der Waals surface area contributed by atoms with Crippen LogP contribution in [0.4, 0.5) is 34.1 Å². The predicted molar refractivity (Wildman–Crippen MR) is 207 cm³/mol. The van der Waals surface area contributed by atoms with E-state index in [0.717, 1.165) is 23.5 Å². The van der Waals surface area contributed by atoms with E-state index < -0.39 is 0 Å². The molecular formula is C47H34N2. The molecule has 0 fully saturated rings. The average molecular weight is 627 g/mol. The first kappa shape index (κ1) is 28.8. The Bertz CT molecular complexity index is 2400. The predicted octanol–water partition coefficient (Wildman–Crippen LogP) is 13.0. The molecule has 49 heavy (non-hydrogen) atoms. The molecule has 0 bridgehead atoms. The fourth-order valence-electron chi connectivity index (χ4n) is 7.19. The molecule has 0 saturated heterocycles. The van der Waals surface area contributed by atoms with E-state index in [-0.39, 0.29) is 0 Å². The highest BCUT2D eigenvalue weighted by atomic mass is 15.2. The lowest BCUT2D eigenvalue weighted by molar-refractivity contribution is 1.09. The lowest BCUT2D eigenvalue weighted by atomic mass is 9.92. The van der Waals surface area contributed by atoms with Crippen molar-refractivity contribution < 1.29 is 0 Å². The number of hydrogen-bond donors (Lipinski definition) is 0. The molecule has 0 N–H and O–H groups in total. The Kier molecular flexibility index (Phi) is 7.25. The van der Waals surface area contributed by atoms with Crippen LogP contribution in [-0.2, 0) is 6.42 Å². The van der Waals surface area contributed by atoms with Gasteiger partial charge in [-0.3, -0.25) is 0 Å². The summed E-state index contributed by atoms with van der Waals surface area (Å²) in [4.78, 5) is 4.75. The highest BCUT2D eigenvalue weighted by Gasteiger charge is 2.24. The summed E-state index contributed by atoms with van der Waals surface area (Å²) in [6.45, 7) is 0. The molecule has 0 amide bonds. The average Bonchev–Trinajstić information content (AvgIpc) is 3.18. The summed E-state index contributed by atoms with van der Waals surface area (Å²) < 4.78 is 0. The van der Waals surface area contributed by atoms with E-state index in [1.54, 1.807) is 0 Å². The summed E-state index contributed by atoms with van der Waals surface area (Å²) in [5.74, 6) is 0. The van der Waals surface area contributed by atoms with Gasteiger partial charge in [-0.1, -0.05) is 127 Å². The fraction of sp³-hybridized carbons (Fsp3) is 0.0213. The van der Waals surface area contributed by atoms with Crippen LogP contribution >= 0.6 is 0 Å². The van der Waals surface area contributed by atoms with Crippen LogP contribution in [0.1, 0.15) is 11.1 Å². The van der Waals surface area contributed by atoms with E-state index >= 15 is 0 Å². The van der Waals surface area contributed by atoms with Gasteiger partial charge in [-0.15, -0.1) is 0 Å². The third-order valence-corrected chi connectivity index (χ3v) is 9.63. The van der Waals surface area contributed by atoms with Gasteiger partial charge in [0, 0.05) is 40.5 Å². The van der Waals surface area contributed by atoms with Crippen LogP contribution in [0.2, 0.25) is 0 Å². The lowest BCUT2D eigenvalue weighted by Crippen LogP contribution is -2.18. The molecule has 0 saturated carbocycles. The van der Waals surface area contributed by atoms with Gasteiger partial charge in [0.2, 0.25) is 0 Å².